The van der Waals surface area contributed by atoms with Crippen LogP contribution in [0.25, 0.3) is 11.0 Å². The predicted octanol–water partition coefficient (Wildman–Crippen LogP) is 1.73. The summed E-state index contributed by atoms with van der Waals surface area (Å²) >= 11 is 0. The molecular formula is C18H18N6O2S. The van der Waals surface area contributed by atoms with Gasteiger partial charge in [0.15, 0.2) is 0 Å². The number of aromatic amines is 1. The van der Waals surface area contributed by atoms with Crippen LogP contribution in [0.5, 0.6) is 0 Å². The zero-order chi connectivity index (χ0) is 19.0. The summed E-state index contributed by atoms with van der Waals surface area (Å²) in [6, 6.07) is 9.84. The van der Waals surface area contributed by atoms with Crippen molar-refractivity contribution in [2.45, 2.75) is 17.4 Å². The lowest BCUT2D eigenvalue weighted by molar-refractivity contribution is 0.390. The summed E-state index contributed by atoms with van der Waals surface area (Å²) in [4.78, 5) is 13.9. The second-order valence-corrected chi connectivity index (χ2v) is 8.48. The number of nitriles is 1. The summed E-state index contributed by atoms with van der Waals surface area (Å²) in [6.07, 6.45) is 4.02. The van der Waals surface area contributed by atoms with Crippen LogP contribution in [0, 0.1) is 11.3 Å². The van der Waals surface area contributed by atoms with Gasteiger partial charge in [0.2, 0.25) is 10.0 Å². The summed E-state index contributed by atoms with van der Waals surface area (Å²) in [5.74, 6) is 0.807. The van der Waals surface area contributed by atoms with Crippen LogP contribution in [0.4, 0.5) is 5.82 Å². The molecule has 0 radical (unpaired) electrons. The second kappa shape index (κ2) is 6.64. The highest BCUT2D eigenvalue weighted by Crippen LogP contribution is 2.28. The number of likely N-dealkylation sites (N-methyl/N-ethyl adjacent to an activating group) is 1. The van der Waals surface area contributed by atoms with Crippen LogP contribution in [0.2, 0.25) is 0 Å². The normalized spacial score (nSPS) is 17.5. The Morgan fingerprint density at radius 1 is 1.33 bits per heavy atom. The Hall–Kier alpha value is -2.96. The van der Waals surface area contributed by atoms with Crippen LogP contribution in [-0.4, -0.2) is 53.9 Å². The fourth-order valence-electron chi connectivity index (χ4n) is 3.43. The van der Waals surface area contributed by atoms with Crippen LogP contribution >= 0.6 is 0 Å². The van der Waals surface area contributed by atoms with Gasteiger partial charge < -0.3 is 9.88 Å². The molecule has 0 amide bonds. The van der Waals surface area contributed by atoms with E-state index in [9.17, 15) is 8.42 Å². The average molecular weight is 382 g/mol. The Morgan fingerprint density at radius 2 is 2.19 bits per heavy atom. The minimum absolute atomic E-state index is 0.137. The Kier molecular flexibility index (Phi) is 4.30. The van der Waals surface area contributed by atoms with Gasteiger partial charge in [0.05, 0.1) is 21.9 Å². The van der Waals surface area contributed by atoms with Crippen LogP contribution < -0.4 is 4.90 Å². The van der Waals surface area contributed by atoms with Crippen LogP contribution in [0.15, 0.2) is 47.8 Å². The van der Waals surface area contributed by atoms with E-state index in [1.807, 2.05) is 18.3 Å². The minimum Gasteiger partial charge on any atom is -0.354 e. The van der Waals surface area contributed by atoms with E-state index in [0.29, 0.717) is 25.1 Å². The largest absolute Gasteiger partial charge is 0.354 e. The lowest BCUT2D eigenvalue weighted by atomic mass is 10.2. The van der Waals surface area contributed by atoms with Crippen molar-refractivity contribution in [1.29, 1.82) is 5.26 Å². The molecule has 1 aliphatic rings. The number of hydrogen-bond acceptors (Lipinski definition) is 6. The quantitative estimate of drug-likeness (QED) is 0.737. The van der Waals surface area contributed by atoms with Gasteiger partial charge in [0, 0.05) is 32.4 Å². The molecule has 1 unspecified atom stereocenters. The number of fused-ring (bicyclic) bond motifs is 1. The smallest absolute Gasteiger partial charge is 0.243 e. The number of anilines is 1. The number of nitrogens with zero attached hydrogens (tertiary/aromatic N) is 5. The Labute approximate surface area is 157 Å². The van der Waals surface area contributed by atoms with Crippen molar-refractivity contribution in [3.63, 3.8) is 0 Å². The molecule has 1 N–H and O–H groups in total. The number of H-pyrrole nitrogens is 1. The molecule has 0 spiro atoms. The molecule has 1 aliphatic heterocycles. The van der Waals surface area contributed by atoms with Gasteiger partial charge in [-0.1, -0.05) is 6.07 Å². The molecule has 2 aromatic heterocycles. The lowest BCUT2D eigenvalue weighted by Gasteiger charge is -2.25. The number of sulfonamides is 1. The summed E-state index contributed by atoms with van der Waals surface area (Å²) < 4.78 is 27.3. The summed E-state index contributed by atoms with van der Waals surface area (Å²) in [5, 5.41) is 9.95. The maximum Gasteiger partial charge on any atom is 0.243 e. The van der Waals surface area contributed by atoms with Crippen molar-refractivity contribution in [3.05, 3.63) is 48.4 Å². The Bertz CT molecular complexity index is 1130. The summed E-state index contributed by atoms with van der Waals surface area (Å²) in [7, 11) is -2.08. The second-order valence-electron chi connectivity index (χ2n) is 6.49. The first-order chi connectivity index (χ1) is 13.0. The van der Waals surface area contributed by atoms with Crippen LogP contribution in [0.3, 0.4) is 0 Å². The molecule has 27 heavy (non-hydrogen) atoms. The van der Waals surface area contributed by atoms with Crippen molar-refractivity contribution in [1.82, 2.24) is 19.3 Å². The molecule has 138 valence electrons. The zero-order valence-corrected chi connectivity index (χ0v) is 15.5. The van der Waals surface area contributed by atoms with E-state index < -0.39 is 10.0 Å². The number of rotatable bonds is 4. The molecule has 0 bridgehead atoms. The molecule has 3 aromatic rings. The molecule has 4 rings (SSSR count). The maximum atomic E-state index is 13.0. The van der Waals surface area contributed by atoms with E-state index in [1.54, 1.807) is 19.2 Å². The highest BCUT2D eigenvalue weighted by Gasteiger charge is 2.34. The molecule has 0 saturated carbocycles. The number of hydrogen-bond donors (Lipinski definition) is 1. The molecule has 1 atom stereocenters. The molecule has 8 nitrogen and oxygen atoms in total. The van der Waals surface area contributed by atoms with Gasteiger partial charge in [0.25, 0.3) is 0 Å². The molecule has 0 aliphatic carbocycles. The third kappa shape index (κ3) is 3.03. The standard InChI is InChI=1S/C18H18N6O2S/c1-23(27(25,26)15-4-2-3-13(9-15)10-19)14-6-8-24(11-14)18-16-5-7-20-17(16)21-12-22-18/h2-5,7,9,12,14H,6,8,11H2,1H3,(H,20,21,22). The molecule has 1 aromatic carbocycles. The molecular weight excluding hydrogens is 364 g/mol. The van der Waals surface area contributed by atoms with Gasteiger partial charge in [-0.25, -0.2) is 18.4 Å². The van der Waals surface area contributed by atoms with Gasteiger partial charge in [-0.2, -0.15) is 9.57 Å². The maximum absolute atomic E-state index is 13.0. The monoisotopic (exact) mass is 382 g/mol. The van der Waals surface area contributed by atoms with Gasteiger partial charge in [-0.15, -0.1) is 0 Å². The van der Waals surface area contributed by atoms with Crippen LogP contribution in [-0.2, 0) is 10.0 Å². The Balaban J connectivity index is 1.58. The highest BCUT2D eigenvalue weighted by molar-refractivity contribution is 7.89. The van der Waals surface area contributed by atoms with Crippen molar-refractivity contribution in [3.8, 4) is 6.07 Å². The predicted molar refractivity (Wildman–Crippen MR) is 101 cm³/mol. The van der Waals surface area contributed by atoms with E-state index in [4.69, 9.17) is 5.26 Å². The number of nitrogens with one attached hydrogen (secondary N) is 1. The first-order valence-electron chi connectivity index (χ1n) is 8.52. The SMILES string of the molecule is CN(C1CCN(c2ncnc3[nH]ccc23)C1)S(=O)(=O)c1cccc(C#N)c1. The fraction of sp³-hybridized carbons (Fsp3) is 0.278. The first-order valence-corrected chi connectivity index (χ1v) is 9.96. The van der Waals surface area contributed by atoms with Gasteiger partial charge in [-0.3, -0.25) is 0 Å². The third-order valence-corrected chi connectivity index (χ3v) is 6.86. The molecule has 9 heteroatoms. The number of benzene rings is 1. The third-order valence-electron chi connectivity index (χ3n) is 4.95. The van der Waals surface area contributed by atoms with Crippen LogP contribution in [0.1, 0.15) is 12.0 Å². The fourth-order valence-corrected chi connectivity index (χ4v) is 4.85. The van der Waals surface area contributed by atoms with Crippen molar-refractivity contribution >= 4 is 26.9 Å². The van der Waals surface area contributed by atoms with Crippen molar-refractivity contribution in [2.24, 2.45) is 0 Å². The molecule has 1 saturated heterocycles. The topological polar surface area (TPSA) is 106 Å². The van der Waals surface area contributed by atoms with E-state index in [1.165, 1.54) is 22.8 Å². The zero-order valence-electron chi connectivity index (χ0n) is 14.7. The van der Waals surface area contributed by atoms with E-state index in [0.717, 1.165) is 16.9 Å². The van der Waals surface area contributed by atoms with Gasteiger partial charge in [0.1, 0.15) is 17.8 Å². The number of aromatic nitrogens is 3. The van der Waals surface area contributed by atoms with Crippen molar-refractivity contribution in [2.75, 3.05) is 25.0 Å². The van der Waals surface area contributed by atoms with E-state index in [2.05, 4.69) is 19.9 Å². The van der Waals surface area contributed by atoms with Gasteiger partial charge >= 0.3 is 0 Å². The Morgan fingerprint density at radius 3 is 3.00 bits per heavy atom. The van der Waals surface area contributed by atoms with Gasteiger partial charge in [-0.05, 0) is 30.7 Å². The summed E-state index contributed by atoms with van der Waals surface area (Å²) in [6.45, 7) is 1.25. The molecule has 3 heterocycles. The van der Waals surface area contributed by atoms with E-state index in [-0.39, 0.29) is 10.9 Å². The minimum atomic E-state index is -3.68. The first kappa shape index (κ1) is 17.5. The van der Waals surface area contributed by atoms with E-state index >= 15 is 0 Å². The highest BCUT2D eigenvalue weighted by atomic mass is 32.2. The lowest BCUT2D eigenvalue weighted by Crippen LogP contribution is -2.39. The summed E-state index contributed by atoms with van der Waals surface area (Å²) in [5.41, 5.74) is 1.09. The van der Waals surface area contributed by atoms with Crippen molar-refractivity contribution < 1.29 is 8.42 Å². The molecule has 1 fully saturated rings. The average Bonchev–Trinajstić information content (AvgIpc) is 3.36.